The minimum atomic E-state index is 0. The molecule has 0 atom stereocenters. The van der Waals surface area contributed by atoms with Gasteiger partial charge in [0.05, 0.1) is 10.7 Å². The van der Waals surface area contributed by atoms with Gasteiger partial charge < -0.3 is 18.8 Å². The molecule has 0 aliphatic rings. The zero-order valence-corrected chi connectivity index (χ0v) is 11.3. The molecule has 2 rings (SSSR count). The smallest absolute Gasteiger partial charge is 1.00 e. The van der Waals surface area contributed by atoms with Crippen molar-refractivity contribution >= 4 is 59.9 Å². The number of aromatic nitrogens is 3. The van der Waals surface area contributed by atoms with Gasteiger partial charge in [0, 0.05) is 0 Å². The number of hydrogen-bond acceptors (Lipinski definition) is 4. The van der Waals surface area contributed by atoms with Crippen LogP contribution in [0.3, 0.4) is 0 Å². The van der Waals surface area contributed by atoms with E-state index in [1.165, 1.54) is 0 Å². The topological polar surface area (TPSA) is 50.7 Å². The van der Waals surface area contributed by atoms with Crippen LogP contribution in [0.5, 0.6) is 0 Å². The van der Waals surface area contributed by atoms with E-state index in [2.05, 4.69) is 20.3 Å². The van der Waals surface area contributed by atoms with Crippen LogP contribution in [0, 0.1) is 0 Å². The van der Waals surface area contributed by atoms with Gasteiger partial charge in [0.1, 0.15) is 0 Å². The second kappa shape index (κ2) is 6.26. The van der Waals surface area contributed by atoms with Crippen LogP contribution in [0.4, 0.5) is 11.6 Å². The Morgan fingerprint density at radius 3 is 2.12 bits per heavy atom. The highest BCUT2D eigenvalue weighted by molar-refractivity contribution is 7.37. The Labute approximate surface area is 123 Å². The molecule has 0 amide bonds. The first-order valence-corrected chi connectivity index (χ1v) is 5.37. The van der Waals surface area contributed by atoms with Crippen LogP contribution in [-0.4, -0.2) is 15.0 Å². The first kappa shape index (κ1) is 14.3. The number of halogens is 3. The average Bonchev–Trinajstić information content (AvgIpc) is 2.20. The van der Waals surface area contributed by atoms with E-state index in [-0.39, 0.29) is 32.9 Å². The van der Waals surface area contributed by atoms with E-state index in [1.54, 1.807) is 12.1 Å². The van der Waals surface area contributed by atoms with Crippen LogP contribution >= 0.6 is 34.8 Å². The molecular formula is C9H7Cl3N4S. The zero-order valence-electron chi connectivity index (χ0n) is 10.2. The number of nitrogens with zero attached hydrogens (tertiary/aromatic N) is 3. The number of hydrogen-bond donors (Lipinski definition) is 1. The lowest BCUT2D eigenvalue weighted by molar-refractivity contribution is 1.05. The van der Waals surface area contributed by atoms with E-state index in [1.807, 2.05) is 12.1 Å². The van der Waals surface area contributed by atoms with Gasteiger partial charge in [-0.3, -0.25) is 0 Å². The number of para-hydroxylation sites is 1. The lowest BCUT2D eigenvalue weighted by Crippen LogP contribution is -1.99. The van der Waals surface area contributed by atoms with Crippen LogP contribution in [0.15, 0.2) is 24.3 Å². The molecule has 0 unspecified atom stereocenters. The van der Waals surface area contributed by atoms with Crippen molar-refractivity contribution in [3.05, 3.63) is 39.9 Å². The van der Waals surface area contributed by atoms with Gasteiger partial charge in [-0.25, -0.2) is 0 Å². The number of rotatable bonds is 2. The summed E-state index contributed by atoms with van der Waals surface area (Å²) in [6.07, 6.45) is 0. The number of anilines is 2. The molecule has 0 saturated carbocycles. The number of benzene rings is 1. The Morgan fingerprint density at radius 1 is 0.941 bits per heavy atom. The molecule has 90 valence electrons. The second-order valence-corrected chi connectivity index (χ2v) is 3.89. The molecule has 1 aromatic carbocycles. The van der Waals surface area contributed by atoms with Gasteiger partial charge in [-0.1, -0.05) is 23.7 Å². The zero-order chi connectivity index (χ0) is 11.5. The van der Waals surface area contributed by atoms with E-state index in [9.17, 15) is 0 Å². The Kier molecular flexibility index (Phi) is 5.27. The Balaban J connectivity index is 0. The maximum absolute atomic E-state index is 5.95. The van der Waals surface area contributed by atoms with E-state index in [0.717, 1.165) is 0 Å². The van der Waals surface area contributed by atoms with Crippen molar-refractivity contribution in [1.29, 1.82) is 0 Å². The van der Waals surface area contributed by atoms with Crippen molar-refractivity contribution in [3.63, 3.8) is 0 Å². The van der Waals surface area contributed by atoms with Crippen LogP contribution in [-0.2, 0) is 13.5 Å². The summed E-state index contributed by atoms with van der Waals surface area (Å²) in [4.78, 5) is 11.4. The molecule has 0 spiro atoms. The first-order valence-electron chi connectivity index (χ1n) is 4.24. The summed E-state index contributed by atoms with van der Waals surface area (Å²) >= 11 is 17.2. The molecule has 0 aliphatic carbocycles. The van der Waals surface area contributed by atoms with Gasteiger partial charge >= 0.3 is 2.85 Å². The third-order valence-electron chi connectivity index (χ3n) is 1.70. The van der Waals surface area contributed by atoms with Crippen molar-refractivity contribution in [2.24, 2.45) is 0 Å². The van der Waals surface area contributed by atoms with Crippen molar-refractivity contribution in [2.75, 3.05) is 5.32 Å². The minimum absolute atomic E-state index is 0. The minimum Gasteiger partial charge on any atom is -2.00 e. The molecule has 1 aromatic heterocycles. The van der Waals surface area contributed by atoms with E-state index < -0.39 is 0 Å². The van der Waals surface area contributed by atoms with Crippen molar-refractivity contribution in [2.45, 2.75) is 0 Å². The summed E-state index contributed by atoms with van der Waals surface area (Å²) in [5.74, 6) is 0.248. The fourth-order valence-electron chi connectivity index (χ4n) is 1.06. The molecular weight excluding hydrogens is 303 g/mol. The van der Waals surface area contributed by atoms with Crippen LogP contribution < -0.4 is 5.32 Å². The van der Waals surface area contributed by atoms with E-state index in [4.69, 9.17) is 34.8 Å². The Bertz CT molecular complexity index is 512. The molecule has 17 heavy (non-hydrogen) atoms. The predicted molar refractivity (Wildman–Crippen MR) is 74.2 cm³/mol. The maximum Gasteiger partial charge on any atom is 1.00 e. The second-order valence-electron chi connectivity index (χ2n) is 2.80. The number of nitrogens with one attached hydrogen (secondary N) is 1. The lowest BCUT2D eigenvalue weighted by atomic mass is 10.3. The van der Waals surface area contributed by atoms with Gasteiger partial charge in [0.2, 0.25) is 16.5 Å². The molecule has 0 bridgehead atoms. The molecule has 1 heterocycles. The molecule has 4 nitrogen and oxygen atoms in total. The normalized spacial score (nSPS) is 9.59. The van der Waals surface area contributed by atoms with Crippen LogP contribution in [0.2, 0.25) is 15.6 Å². The van der Waals surface area contributed by atoms with Crippen molar-refractivity contribution in [3.8, 4) is 0 Å². The monoisotopic (exact) mass is 308 g/mol. The summed E-state index contributed by atoms with van der Waals surface area (Å²) in [6.45, 7) is 0. The van der Waals surface area contributed by atoms with Crippen molar-refractivity contribution < 1.29 is 2.85 Å². The summed E-state index contributed by atoms with van der Waals surface area (Å²) in [5.41, 5.74) is 0.669. The standard InChI is InChI=1S/C9H5Cl3N4.S/c10-5-3-1-2-4-6(5)13-9-15-7(11)14-8(12)16-9;/h1-4H,(H,13,14,15,16);/q;-2/p+2. The van der Waals surface area contributed by atoms with Gasteiger partial charge in [-0.05, 0) is 35.3 Å². The van der Waals surface area contributed by atoms with E-state index in [0.29, 0.717) is 10.7 Å². The van der Waals surface area contributed by atoms with E-state index >= 15 is 0 Å². The molecule has 0 fully saturated rings. The summed E-state index contributed by atoms with van der Waals surface area (Å²) in [7, 11) is 0. The highest BCUT2D eigenvalue weighted by atomic mass is 35.5. The Morgan fingerprint density at radius 2 is 1.53 bits per heavy atom. The van der Waals surface area contributed by atoms with Gasteiger partial charge in [-0.15, -0.1) is 0 Å². The van der Waals surface area contributed by atoms with Gasteiger partial charge in [-0.2, -0.15) is 15.0 Å². The SMILES string of the molecule is Clc1nc(Cl)nc(Nc2ccccc2Cl)n1.[H+].[H+].[S-2]. The Hall–Kier alpha value is -0.750. The molecule has 0 radical (unpaired) electrons. The first-order chi connectivity index (χ1) is 7.65. The third-order valence-corrected chi connectivity index (χ3v) is 2.37. The molecule has 0 saturated heterocycles. The lowest BCUT2D eigenvalue weighted by Gasteiger charge is -2.06. The largest absolute Gasteiger partial charge is 2.00 e. The van der Waals surface area contributed by atoms with Crippen LogP contribution in [0.1, 0.15) is 2.85 Å². The average molecular weight is 310 g/mol. The molecule has 1 N–H and O–H groups in total. The highest BCUT2D eigenvalue weighted by Gasteiger charge is 2.05. The fraction of sp³-hybridized carbons (Fsp3) is 0. The molecule has 2 aromatic rings. The summed E-state index contributed by atoms with van der Waals surface area (Å²) in [5, 5.41) is 3.49. The van der Waals surface area contributed by atoms with Gasteiger partial charge in [0.25, 0.3) is 0 Å². The van der Waals surface area contributed by atoms with Gasteiger partial charge in [0.15, 0.2) is 0 Å². The quantitative estimate of drug-likeness (QED) is 0.917. The van der Waals surface area contributed by atoms with Crippen LogP contribution in [0.25, 0.3) is 0 Å². The fourth-order valence-corrected chi connectivity index (χ4v) is 1.61. The third kappa shape index (κ3) is 3.89. The maximum atomic E-state index is 5.95. The predicted octanol–water partition coefficient (Wildman–Crippen LogP) is 3.80. The molecule has 8 heteroatoms. The van der Waals surface area contributed by atoms with Crippen molar-refractivity contribution in [1.82, 2.24) is 15.0 Å². The summed E-state index contributed by atoms with van der Waals surface area (Å²) < 4.78 is 0. The summed E-state index contributed by atoms with van der Waals surface area (Å²) in [6, 6.07) is 7.18. The molecule has 0 aliphatic heterocycles. The highest BCUT2D eigenvalue weighted by Crippen LogP contribution is 2.23.